The van der Waals surface area contributed by atoms with E-state index >= 15 is 0 Å². The number of aliphatic hydroxyl groups is 1. The second-order valence-electron chi connectivity index (χ2n) is 8.19. The van der Waals surface area contributed by atoms with Gasteiger partial charge < -0.3 is 10.0 Å². The fourth-order valence-corrected chi connectivity index (χ4v) is 4.35. The van der Waals surface area contributed by atoms with Crippen LogP contribution in [0.1, 0.15) is 38.3 Å². The Morgan fingerprint density at radius 1 is 1.35 bits per heavy atom. The van der Waals surface area contributed by atoms with Crippen LogP contribution in [0.2, 0.25) is 0 Å². The maximum atomic E-state index is 12.4. The van der Waals surface area contributed by atoms with E-state index in [2.05, 4.69) is 27.9 Å². The Balaban J connectivity index is 1.55. The minimum Gasteiger partial charge on any atom is -0.385 e. The summed E-state index contributed by atoms with van der Waals surface area (Å²) in [4.78, 5) is 23.8. The summed E-state index contributed by atoms with van der Waals surface area (Å²) in [6, 6.07) is 4.06. The third-order valence-corrected chi connectivity index (χ3v) is 5.78. The molecule has 2 aromatic heterocycles. The molecule has 1 N–H and O–H groups in total. The van der Waals surface area contributed by atoms with Crippen LogP contribution >= 0.6 is 0 Å². The van der Waals surface area contributed by atoms with Crippen molar-refractivity contribution < 1.29 is 9.90 Å². The van der Waals surface area contributed by atoms with Gasteiger partial charge in [0.2, 0.25) is 0 Å². The summed E-state index contributed by atoms with van der Waals surface area (Å²) in [7, 11) is 0. The molecule has 0 radical (unpaired) electrons. The summed E-state index contributed by atoms with van der Waals surface area (Å²) >= 11 is 0. The van der Waals surface area contributed by atoms with Crippen molar-refractivity contribution in [2.24, 2.45) is 17.8 Å². The quantitative estimate of drug-likeness (QED) is 0.894. The predicted molar refractivity (Wildman–Crippen MR) is 102 cm³/mol. The Kier molecular flexibility index (Phi) is 4.65. The molecule has 2 fully saturated rings. The summed E-state index contributed by atoms with van der Waals surface area (Å²) in [6.45, 7) is 6.02. The number of rotatable bonds is 5. The Labute approximate surface area is 154 Å². The SMILES string of the molecule is Cc1ncc(N2C[C@@H](C)C[C@@H](CC(=O)[C@@H](O)C3CC3)C2)c2cccnc12. The molecule has 1 saturated heterocycles. The van der Waals surface area contributed by atoms with Crippen molar-refractivity contribution in [1.82, 2.24) is 9.97 Å². The minimum atomic E-state index is -0.744. The molecular formula is C21H27N3O2. The van der Waals surface area contributed by atoms with Crippen molar-refractivity contribution >= 4 is 22.4 Å². The van der Waals surface area contributed by atoms with Gasteiger partial charge in [-0.1, -0.05) is 6.92 Å². The molecule has 0 aromatic carbocycles. The number of nitrogens with zero attached hydrogens (tertiary/aromatic N) is 3. The zero-order valence-electron chi connectivity index (χ0n) is 15.6. The van der Waals surface area contributed by atoms with E-state index in [-0.39, 0.29) is 17.6 Å². The molecule has 3 atom stereocenters. The lowest BCUT2D eigenvalue weighted by atomic mass is 9.85. The van der Waals surface area contributed by atoms with Gasteiger partial charge in [-0.25, -0.2) is 0 Å². The number of hydrogen-bond donors (Lipinski definition) is 1. The van der Waals surface area contributed by atoms with E-state index in [1.165, 1.54) is 0 Å². The third-order valence-electron chi connectivity index (χ3n) is 5.78. The third kappa shape index (κ3) is 3.45. The highest BCUT2D eigenvalue weighted by atomic mass is 16.3. The molecule has 1 saturated carbocycles. The summed E-state index contributed by atoms with van der Waals surface area (Å²) in [5.41, 5.74) is 2.99. The van der Waals surface area contributed by atoms with Crippen LogP contribution in [0.25, 0.3) is 10.9 Å². The molecule has 1 aliphatic carbocycles. The largest absolute Gasteiger partial charge is 0.385 e. The smallest absolute Gasteiger partial charge is 0.161 e. The van der Waals surface area contributed by atoms with E-state index in [1.54, 1.807) is 6.20 Å². The minimum absolute atomic E-state index is 0.0279. The molecule has 138 valence electrons. The number of fused-ring (bicyclic) bond motifs is 1. The highest BCUT2D eigenvalue weighted by Crippen LogP contribution is 2.36. The molecule has 2 aliphatic rings. The molecule has 0 amide bonds. The maximum Gasteiger partial charge on any atom is 0.161 e. The molecular weight excluding hydrogens is 326 g/mol. The molecule has 5 nitrogen and oxygen atoms in total. The van der Waals surface area contributed by atoms with Crippen LogP contribution in [0, 0.1) is 24.7 Å². The average molecular weight is 353 g/mol. The Hall–Kier alpha value is -2.01. The predicted octanol–water partition coefficient (Wildman–Crippen LogP) is 3.13. The van der Waals surface area contributed by atoms with Crippen molar-refractivity contribution in [3.63, 3.8) is 0 Å². The monoisotopic (exact) mass is 353 g/mol. The molecule has 0 spiro atoms. The number of anilines is 1. The number of pyridine rings is 2. The van der Waals surface area contributed by atoms with Gasteiger partial charge in [0, 0.05) is 31.1 Å². The van der Waals surface area contributed by atoms with Gasteiger partial charge in [-0.3, -0.25) is 14.8 Å². The topological polar surface area (TPSA) is 66.3 Å². The van der Waals surface area contributed by atoms with Crippen LogP contribution in [-0.2, 0) is 4.79 Å². The lowest BCUT2D eigenvalue weighted by molar-refractivity contribution is -0.129. The number of aryl methyl sites for hydroxylation is 1. The molecule has 1 aliphatic heterocycles. The van der Waals surface area contributed by atoms with Gasteiger partial charge in [0.15, 0.2) is 5.78 Å². The van der Waals surface area contributed by atoms with Crippen molar-refractivity contribution in [2.45, 2.75) is 45.6 Å². The lowest BCUT2D eigenvalue weighted by Crippen LogP contribution is -2.41. The standard InChI is InChI=1S/C21H27N3O2/c1-13-8-15(9-19(25)21(26)16-5-6-16)12-24(11-13)18-10-23-14(2)20-17(18)4-3-7-22-20/h3-4,7,10,13,15-16,21,26H,5-6,8-9,11-12H2,1-2H3/t13-,15-,21-/m0/s1. The zero-order valence-corrected chi connectivity index (χ0v) is 15.6. The normalized spacial score (nSPS) is 24.7. The van der Waals surface area contributed by atoms with Crippen LogP contribution < -0.4 is 4.90 Å². The number of aliphatic hydroxyl groups excluding tert-OH is 1. The number of carbonyl (C=O) groups excluding carboxylic acids is 1. The fourth-order valence-electron chi connectivity index (χ4n) is 4.35. The molecule has 26 heavy (non-hydrogen) atoms. The highest BCUT2D eigenvalue weighted by Gasteiger charge is 2.36. The van der Waals surface area contributed by atoms with Crippen LogP contribution in [0.3, 0.4) is 0 Å². The number of carbonyl (C=O) groups is 1. The van der Waals surface area contributed by atoms with Gasteiger partial charge in [0.1, 0.15) is 6.10 Å². The number of aromatic nitrogens is 2. The molecule has 0 unspecified atom stereocenters. The van der Waals surface area contributed by atoms with Crippen LogP contribution in [-0.4, -0.2) is 40.1 Å². The van der Waals surface area contributed by atoms with Crippen LogP contribution in [0.5, 0.6) is 0 Å². The lowest BCUT2D eigenvalue weighted by Gasteiger charge is -2.38. The molecule has 4 rings (SSSR count). The summed E-state index contributed by atoms with van der Waals surface area (Å²) in [5, 5.41) is 11.2. The van der Waals surface area contributed by atoms with Crippen LogP contribution in [0.15, 0.2) is 24.5 Å². The Morgan fingerprint density at radius 3 is 2.92 bits per heavy atom. The van der Waals surface area contributed by atoms with Crippen molar-refractivity contribution in [1.29, 1.82) is 0 Å². The second kappa shape index (κ2) is 6.95. The van der Waals surface area contributed by atoms with Gasteiger partial charge in [-0.15, -0.1) is 0 Å². The van der Waals surface area contributed by atoms with E-state index in [1.807, 2.05) is 19.2 Å². The first-order chi connectivity index (χ1) is 12.5. The second-order valence-corrected chi connectivity index (χ2v) is 8.19. The molecule has 5 heteroatoms. The first kappa shape index (κ1) is 17.4. The number of Topliss-reactive ketones (excluding diaryl/α,β-unsaturated/α-hetero) is 1. The highest BCUT2D eigenvalue weighted by molar-refractivity contribution is 5.92. The van der Waals surface area contributed by atoms with Gasteiger partial charge in [-0.2, -0.15) is 0 Å². The maximum absolute atomic E-state index is 12.4. The van der Waals surface area contributed by atoms with Gasteiger partial charge in [-0.05, 0) is 56.1 Å². The molecule has 0 bridgehead atoms. The van der Waals surface area contributed by atoms with Crippen LogP contribution in [0.4, 0.5) is 5.69 Å². The molecule has 3 heterocycles. The van der Waals surface area contributed by atoms with Crippen molar-refractivity contribution in [2.75, 3.05) is 18.0 Å². The summed E-state index contributed by atoms with van der Waals surface area (Å²) in [6.07, 6.45) is 6.51. The summed E-state index contributed by atoms with van der Waals surface area (Å²) in [5.74, 6) is 1.04. The van der Waals surface area contributed by atoms with Gasteiger partial charge in [0.05, 0.1) is 23.1 Å². The van der Waals surface area contributed by atoms with Gasteiger partial charge >= 0.3 is 0 Å². The number of piperidine rings is 1. The Bertz CT molecular complexity index is 818. The first-order valence-corrected chi connectivity index (χ1v) is 9.69. The number of ketones is 1. The van der Waals surface area contributed by atoms with E-state index in [4.69, 9.17) is 0 Å². The van der Waals surface area contributed by atoms with Gasteiger partial charge in [0.25, 0.3) is 0 Å². The van der Waals surface area contributed by atoms with Crippen molar-refractivity contribution in [3.05, 3.63) is 30.2 Å². The average Bonchev–Trinajstić information content (AvgIpc) is 3.46. The molecule has 2 aromatic rings. The van der Waals surface area contributed by atoms with E-state index in [0.29, 0.717) is 12.3 Å². The zero-order chi connectivity index (χ0) is 18.3. The number of hydrogen-bond acceptors (Lipinski definition) is 5. The fraction of sp³-hybridized carbons (Fsp3) is 0.571. The van der Waals surface area contributed by atoms with E-state index in [9.17, 15) is 9.90 Å². The Morgan fingerprint density at radius 2 is 2.15 bits per heavy atom. The first-order valence-electron chi connectivity index (χ1n) is 9.69. The summed E-state index contributed by atoms with van der Waals surface area (Å²) < 4.78 is 0. The van der Waals surface area contributed by atoms with Crippen molar-refractivity contribution in [3.8, 4) is 0 Å². The van der Waals surface area contributed by atoms with E-state index < -0.39 is 6.10 Å². The van der Waals surface area contributed by atoms with E-state index in [0.717, 1.165) is 54.6 Å².